The Balaban J connectivity index is 2.07. The third kappa shape index (κ3) is 3.75. The fourth-order valence-electron chi connectivity index (χ4n) is 2.69. The molecule has 0 radical (unpaired) electrons. The first-order valence-corrected chi connectivity index (χ1v) is 9.54. The van der Waals surface area contributed by atoms with E-state index in [0.29, 0.717) is 30.3 Å². The molecule has 1 amide bonds. The molecule has 0 saturated carbocycles. The molecule has 1 aliphatic heterocycles. The van der Waals surface area contributed by atoms with Gasteiger partial charge in [0, 0.05) is 21.3 Å². The summed E-state index contributed by atoms with van der Waals surface area (Å²) in [5, 5.41) is 2.89. The van der Waals surface area contributed by atoms with E-state index in [1.165, 1.54) is 0 Å². The Bertz CT molecular complexity index is 862. The summed E-state index contributed by atoms with van der Waals surface area (Å²) in [6.45, 7) is 4.92. The molecule has 1 N–H and O–H groups in total. The molecule has 0 unspecified atom stereocenters. The number of amides is 1. The summed E-state index contributed by atoms with van der Waals surface area (Å²) < 4.78 is 13.1. The Morgan fingerprint density at radius 1 is 1.08 bits per heavy atom. The maximum atomic E-state index is 12.3. The molecular formula is C19H17Br2NO3. The molecule has 3 rings (SSSR count). The number of rotatable bonds is 5. The molecule has 25 heavy (non-hydrogen) atoms. The van der Waals surface area contributed by atoms with Gasteiger partial charge in [0.1, 0.15) is 0 Å². The van der Waals surface area contributed by atoms with E-state index in [0.717, 1.165) is 25.8 Å². The van der Waals surface area contributed by atoms with Crippen molar-refractivity contribution in [3.63, 3.8) is 0 Å². The number of anilines is 1. The van der Waals surface area contributed by atoms with E-state index >= 15 is 0 Å². The van der Waals surface area contributed by atoms with E-state index in [4.69, 9.17) is 9.47 Å². The smallest absolute Gasteiger partial charge is 0.256 e. The molecule has 130 valence electrons. The molecule has 0 bridgehead atoms. The standard InChI is InChI=1S/C19H17Br2NO3/c1-3-24-17-9-11(8-15(21)18(17)25-4-2)7-14-13-10-12(20)5-6-16(13)22-19(14)23/h5-10H,3-4H2,1-2H3,(H,22,23)/b14-7-. The molecule has 2 aromatic carbocycles. The molecule has 4 nitrogen and oxygen atoms in total. The van der Waals surface area contributed by atoms with Gasteiger partial charge >= 0.3 is 0 Å². The quantitative estimate of drug-likeness (QED) is 0.591. The van der Waals surface area contributed by atoms with Crippen molar-refractivity contribution in [3.05, 3.63) is 50.4 Å². The fraction of sp³-hybridized carbons (Fsp3) is 0.211. The van der Waals surface area contributed by atoms with Crippen molar-refractivity contribution < 1.29 is 14.3 Å². The van der Waals surface area contributed by atoms with Crippen molar-refractivity contribution in [2.75, 3.05) is 18.5 Å². The first kappa shape index (κ1) is 18.0. The lowest BCUT2D eigenvalue weighted by atomic mass is 10.0. The first-order chi connectivity index (χ1) is 12.0. The van der Waals surface area contributed by atoms with Gasteiger partial charge in [0.2, 0.25) is 0 Å². The third-order valence-electron chi connectivity index (χ3n) is 3.70. The van der Waals surface area contributed by atoms with E-state index in [1.807, 2.05) is 50.3 Å². The molecule has 6 heteroatoms. The number of hydrogen-bond donors (Lipinski definition) is 1. The van der Waals surface area contributed by atoms with Crippen molar-refractivity contribution in [1.82, 2.24) is 0 Å². The van der Waals surface area contributed by atoms with Crippen LogP contribution in [-0.2, 0) is 4.79 Å². The highest BCUT2D eigenvalue weighted by Crippen LogP contribution is 2.39. The van der Waals surface area contributed by atoms with E-state index in [-0.39, 0.29) is 5.91 Å². The summed E-state index contributed by atoms with van der Waals surface area (Å²) >= 11 is 6.99. The lowest BCUT2D eigenvalue weighted by Gasteiger charge is -2.13. The second kappa shape index (κ2) is 7.62. The van der Waals surface area contributed by atoms with E-state index in [2.05, 4.69) is 37.2 Å². The zero-order chi connectivity index (χ0) is 18.0. The zero-order valence-corrected chi connectivity index (χ0v) is 17.0. The number of nitrogens with one attached hydrogen (secondary N) is 1. The van der Waals surface area contributed by atoms with Gasteiger partial charge in [-0.2, -0.15) is 0 Å². The molecule has 1 heterocycles. The van der Waals surface area contributed by atoms with Gasteiger partial charge in [-0.3, -0.25) is 4.79 Å². The Morgan fingerprint density at radius 2 is 1.84 bits per heavy atom. The maximum Gasteiger partial charge on any atom is 0.256 e. The van der Waals surface area contributed by atoms with Gasteiger partial charge in [-0.15, -0.1) is 0 Å². The molecule has 0 aromatic heterocycles. The normalized spacial score (nSPS) is 14.4. The summed E-state index contributed by atoms with van der Waals surface area (Å²) in [6.07, 6.45) is 1.86. The Labute approximate surface area is 163 Å². The van der Waals surface area contributed by atoms with Crippen molar-refractivity contribution in [3.8, 4) is 11.5 Å². The van der Waals surface area contributed by atoms with Crippen LogP contribution < -0.4 is 14.8 Å². The Morgan fingerprint density at radius 3 is 2.56 bits per heavy atom. The monoisotopic (exact) mass is 465 g/mol. The lowest BCUT2D eigenvalue weighted by molar-refractivity contribution is -0.110. The molecule has 1 aliphatic rings. The summed E-state index contributed by atoms with van der Waals surface area (Å²) in [6, 6.07) is 9.53. The fourth-order valence-corrected chi connectivity index (χ4v) is 3.62. The number of carbonyl (C=O) groups is 1. The summed E-state index contributed by atoms with van der Waals surface area (Å²) in [5.41, 5.74) is 3.17. The minimum Gasteiger partial charge on any atom is -0.490 e. The Kier molecular flexibility index (Phi) is 5.49. The molecule has 0 atom stereocenters. The summed E-state index contributed by atoms with van der Waals surface area (Å²) in [5.74, 6) is 1.21. The van der Waals surface area contributed by atoms with Gasteiger partial charge < -0.3 is 14.8 Å². The van der Waals surface area contributed by atoms with Crippen LogP contribution in [0.1, 0.15) is 25.0 Å². The van der Waals surface area contributed by atoms with Crippen LogP contribution in [0.4, 0.5) is 5.69 Å². The van der Waals surface area contributed by atoms with Crippen molar-refractivity contribution in [2.24, 2.45) is 0 Å². The molecule has 2 aromatic rings. The third-order valence-corrected chi connectivity index (χ3v) is 4.78. The highest BCUT2D eigenvalue weighted by molar-refractivity contribution is 9.10. The molecule has 0 aliphatic carbocycles. The predicted octanol–water partition coefficient (Wildman–Crippen LogP) is 5.50. The highest BCUT2D eigenvalue weighted by Gasteiger charge is 2.24. The second-order valence-corrected chi connectivity index (χ2v) is 7.17. The largest absolute Gasteiger partial charge is 0.490 e. The molecule has 0 saturated heterocycles. The summed E-state index contributed by atoms with van der Waals surface area (Å²) in [7, 11) is 0. The van der Waals surface area contributed by atoms with E-state index in [1.54, 1.807) is 0 Å². The van der Waals surface area contributed by atoms with Crippen LogP contribution in [0.5, 0.6) is 11.5 Å². The van der Waals surface area contributed by atoms with Crippen LogP contribution >= 0.6 is 31.9 Å². The highest BCUT2D eigenvalue weighted by atomic mass is 79.9. The van der Waals surface area contributed by atoms with Crippen molar-refractivity contribution >= 4 is 55.1 Å². The number of carbonyl (C=O) groups excluding carboxylic acids is 1. The molecule has 0 fully saturated rings. The van der Waals surface area contributed by atoms with Crippen LogP contribution in [0.25, 0.3) is 11.6 Å². The Hall–Kier alpha value is -1.79. The topological polar surface area (TPSA) is 47.6 Å². The first-order valence-electron chi connectivity index (χ1n) is 7.95. The molecular weight excluding hydrogens is 450 g/mol. The van der Waals surface area contributed by atoms with Gasteiger partial charge in [-0.25, -0.2) is 0 Å². The minimum absolute atomic E-state index is 0.115. The predicted molar refractivity (Wildman–Crippen MR) is 107 cm³/mol. The number of benzene rings is 2. The maximum absolute atomic E-state index is 12.3. The van der Waals surface area contributed by atoms with Crippen LogP contribution in [0.15, 0.2) is 39.3 Å². The SMILES string of the molecule is CCOc1cc(/C=C2\C(=O)Nc3ccc(Br)cc32)cc(Br)c1OCC. The number of halogens is 2. The number of hydrogen-bond acceptors (Lipinski definition) is 3. The van der Waals surface area contributed by atoms with Crippen LogP contribution in [0.3, 0.4) is 0 Å². The summed E-state index contributed by atoms with van der Waals surface area (Å²) in [4.78, 5) is 12.3. The van der Waals surface area contributed by atoms with E-state index < -0.39 is 0 Å². The van der Waals surface area contributed by atoms with Gasteiger partial charge in [-0.1, -0.05) is 15.9 Å². The van der Waals surface area contributed by atoms with Crippen molar-refractivity contribution in [2.45, 2.75) is 13.8 Å². The van der Waals surface area contributed by atoms with Gasteiger partial charge in [0.25, 0.3) is 5.91 Å². The zero-order valence-electron chi connectivity index (χ0n) is 13.9. The second-order valence-electron chi connectivity index (χ2n) is 5.40. The minimum atomic E-state index is -0.115. The van der Waals surface area contributed by atoms with Gasteiger partial charge in [-0.05, 0) is 71.7 Å². The molecule has 0 spiro atoms. The number of ether oxygens (including phenoxy) is 2. The van der Waals surface area contributed by atoms with Crippen LogP contribution in [0.2, 0.25) is 0 Å². The van der Waals surface area contributed by atoms with Gasteiger partial charge in [0.05, 0.1) is 17.7 Å². The average Bonchev–Trinajstić information content (AvgIpc) is 2.86. The number of fused-ring (bicyclic) bond motifs is 1. The lowest BCUT2D eigenvalue weighted by Crippen LogP contribution is -2.03. The van der Waals surface area contributed by atoms with Crippen molar-refractivity contribution in [1.29, 1.82) is 0 Å². The average molecular weight is 467 g/mol. The van der Waals surface area contributed by atoms with Gasteiger partial charge in [0.15, 0.2) is 11.5 Å². The van der Waals surface area contributed by atoms with Crippen LogP contribution in [0, 0.1) is 0 Å². The van der Waals surface area contributed by atoms with E-state index in [9.17, 15) is 4.79 Å². The van der Waals surface area contributed by atoms with Crippen LogP contribution in [-0.4, -0.2) is 19.1 Å².